The molecule has 1 saturated heterocycles. The van der Waals surface area contributed by atoms with Crippen molar-refractivity contribution >= 4 is 29.1 Å². The number of piperazine rings is 1. The van der Waals surface area contributed by atoms with Crippen LogP contribution < -0.4 is 14.4 Å². The molecule has 0 aromatic heterocycles. The number of para-hydroxylation sites is 1. The third-order valence-corrected chi connectivity index (χ3v) is 7.29. The van der Waals surface area contributed by atoms with E-state index in [9.17, 15) is 0 Å². The second-order valence-corrected chi connectivity index (χ2v) is 9.08. The van der Waals surface area contributed by atoms with Gasteiger partial charge in [-0.15, -0.1) is 11.8 Å². The molecular formula is C23H29ClN2O2S. The molecule has 0 unspecified atom stereocenters. The van der Waals surface area contributed by atoms with Crippen molar-refractivity contribution in [1.29, 1.82) is 0 Å². The van der Waals surface area contributed by atoms with E-state index < -0.39 is 0 Å². The summed E-state index contributed by atoms with van der Waals surface area (Å²) in [6.07, 6.45) is 2.45. The lowest BCUT2D eigenvalue weighted by Gasteiger charge is -2.37. The van der Waals surface area contributed by atoms with Crippen LogP contribution in [0, 0.1) is 6.92 Å². The number of thioether (sulfide) groups is 1. The van der Waals surface area contributed by atoms with Gasteiger partial charge in [-0.05, 0) is 55.8 Å². The zero-order valence-electron chi connectivity index (χ0n) is 17.0. The molecule has 0 radical (unpaired) electrons. The van der Waals surface area contributed by atoms with E-state index in [4.69, 9.17) is 21.1 Å². The molecule has 0 N–H and O–H groups in total. The van der Waals surface area contributed by atoms with Crippen LogP contribution in [-0.2, 0) is 0 Å². The molecule has 2 aliphatic rings. The minimum absolute atomic E-state index is 0.635. The van der Waals surface area contributed by atoms with E-state index in [1.165, 1.54) is 35.5 Å². The van der Waals surface area contributed by atoms with E-state index in [0.29, 0.717) is 13.2 Å². The van der Waals surface area contributed by atoms with Crippen molar-refractivity contribution in [3.63, 3.8) is 0 Å². The van der Waals surface area contributed by atoms with Crippen molar-refractivity contribution in [2.24, 2.45) is 0 Å². The Morgan fingerprint density at radius 2 is 1.76 bits per heavy atom. The third kappa shape index (κ3) is 5.14. The number of benzene rings is 2. The van der Waals surface area contributed by atoms with Crippen LogP contribution in [0.15, 0.2) is 41.3 Å². The van der Waals surface area contributed by atoms with Crippen LogP contribution in [0.4, 0.5) is 5.69 Å². The van der Waals surface area contributed by atoms with Gasteiger partial charge in [-0.1, -0.05) is 29.8 Å². The van der Waals surface area contributed by atoms with Crippen molar-refractivity contribution in [3.8, 4) is 11.5 Å². The summed E-state index contributed by atoms with van der Waals surface area (Å²) in [6, 6.07) is 12.3. The molecule has 0 spiro atoms. The Labute approximate surface area is 183 Å². The van der Waals surface area contributed by atoms with Crippen LogP contribution in [-0.4, -0.2) is 56.6 Å². The average molecular weight is 433 g/mol. The highest BCUT2D eigenvalue weighted by Crippen LogP contribution is 2.39. The number of rotatable bonds is 7. The van der Waals surface area contributed by atoms with E-state index in [1.807, 2.05) is 30.0 Å². The number of hydrogen-bond acceptors (Lipinski definition) is 5. The van der Waals surface area contributed by atoms with Crippen molar-refractivity contribution < 1.29 is 9.47 Å². The quantitative estimate of drug-likeness (QED) is 0.447. The lowest BCUT2D eigenvalue weighted by molar-refractivity contribution is 0.171. The second kappa shape index (κ2) is 9.96. The molecule has 6 heteroatoms. The molecule has 2 aromatic carbocycles. The number of nitrogens with zero attached hydrogens (tertiary/aromatic N) is 2. The maximum Gasteiger partial charge on any atom is 0.184 e. The minimum atomic E-state index is 0.635. The molecule has 156 valence electrons. The van der Waals surface area contributed by atoms with Crippen molar-refractivity contribution in [3.05, 3.63) is 47.0 Å². The molecule has 0 amide bonds. The maximum absolute atomic E-state index is 6.32. The van der Waals surface area contributed by atoms with Crippen LogP contribution in [0.5, 0.6) is 11.5 Å². The first kappa shape index (κ1) is 20.7. The number of anilines is 1. The lowest BCUT2D eigenvalue weighted by atomic mass is 10.2. The van der Waals surface area contributed by atoms with Crippen LogP contribution >= 0.6 is 23.4 Å². The van der Waals surface area contributed by atoms with Crippen LogP contribution in [0.3, 0.4) is 0 Å². The maximum atomic E-state index is 6.32. The molecule has 0 saturated carbocycles. The van der Waals surface area contributed by atoms with Gasteiger partial charge < -0.3 is 14.4 Å². The molecule has 1 fully saturated rings. The summed E-state index contributed by atoms with van der Waals surface area (Å²) in [5, 5.41) is 0.878. The molecule has 0 atom stereocenters. The first-order chi connectivity index (χ1) is 14.2. The normalized spacial score (nSPS) is 16.8. The highest BCUT2D eigenvalue weighted by Gasteiger charge is 2.23. The Morgan fingerprint density at radius 3 is 2.59 bits per heavy atom. The molecule has 0 bridgehead atoms. The van der Waals surface area contributed by atoms with Gasteiger partial charge in [0.2, 0.25) is 0 Å². The van der Waals surface area contributed by atoms with Crippen molar-refractivity contribution in [2.45, 2.75) is 24.7 Å². The predicted octanol–water partition coefficient (Wildman–Crippen LogP) is 5.11. The van der Waals surface area contributed by atoms with Gasteiger partial charge in [0, 0.05) is 31.1 Å². The molecular weight excluding hydrogens is 404 g/mol. The van der Waals surface area contributed by atoms with Gasteiger partial charge in [0.1, 0.15) is 13.2 Å². The lowest BCUT2D eigenvalue weighted by Crippen LogP contribution is -2.46. The number of aryl methyl sites for hydroxylation is 1. The highest BCUT2D eigenvalue weighted by molar-refractivity contribution is 7.99. The molecule has 4 rings (SSSR count). The molecule has 2 aliphatic heterocycles. The zero-order chi connectivity index (χ0) is 20.1. The fourth-order valence-corrected chi connectivity index (χ4v) is 5.37. The Hall–Kier alpha value is -1.56. The smallest absolute Gasteiger partial charge is 0.184 e. The summed E-state index contributed by atoms with van der Waals surface area (Å²) in [6.45, 7) is 8.84. The molecule has 4 nitrogen and oxygen atoms in total. The van der Waals surface area contributed by atoms with Gasteiger partial charge in [-0.3, -0.25) is 4.90 Å². The van der Waals surface area contributed by atoms with E-state index >= 15 is 0 Å². The summed E-state index contributed by atoms with van der Waals surface area (Å²) < 4.78 is 11.6. The summed E-state index contributed by atoms with van der Waals surface area (Å²) in [5.41, 5.74) is 2.45. The fourth-order valence-electron chi connectivity index (χ4n) is 3.93. The fraction of sp³-hybridized carbons (Fsp3) is 0.478. The SMILES string of the molecule is Cc1cccc(Cl)c1SCCCCN1CCN(c2cccc3c2OCCO3)CC1. The van der Waals surface area contributed by atoms with E-state index in [1.54, 1.807) is 0 Å². The number of ether oxygens (including phenoxy) is 2. The van der Waals surface area contributed by atoms with Crippen LogP contribution in [0.25, 0.3) is 0 Å². The van der Waals surface area contributed by atoms with Crippen LogP contribution in [0.1, 0.15) is 18.4 Å². The van der Waals surface area contributed by atoms with E-state index in [2.05, 4.69) is 34.9 Å². The standard InChI is InChI=1S/C23H29ClN2O2S/c1-18-6-4-7-19(24)23(18)29-17-3-2-10-25-11-13-26(14-12-25)20-8-5-9-21-22(20)28-16-15-27-21/h4-9H,2-3,10-17H2,1H3. The van der Waals surface area contributed by atoms with Gasteiger partial charge in [0.15, 0.2) is 11.5 Å². The van der Waals surface area contributed by atoms with E-state index in [0.717, 1.165) is 48.5 Å². The van der Waals surface area contributed by atoms with E-state index in [-0.39, 0.29) is 0 Å². The molecule has 0 aliphatic carbocycles. The minimum Gasteiger partial charge on any atom is -0.486 e. The number of unbranched alkanes of at least 4 members (excludes halogenated alkanes) is 1. The molecule has 2 aromatic rings. The Morgan fingerprint density at radius 1 is 0.966 bits per heavy atom. The van der Waals surface area contributed by atoms with Gasteiger partial charge in [-0.2, -0.15) is 0 Å². The average Bonchev–Trinajstić information content (AvgIpc) is 2.75. The number of hydrogen-bond donors (Lipinski definition) is 0. The molecule has 29 heavy (non-hydrogen) atoms. The first-order valence-electron chi connectivity index (χ1n) is 10.5. The van der Waals surface area contributed by atoms with Crippen LogP contribution in [0.2, 0.25) is 5.02 Å². The predicted molar refractivity (Wildman–Crippen MR) is 122 cm³/mol. The second-order valence-electron chi connectivity index (χ2n) is 7.57. The largest absolute Gasteiger partial charge is 0.486 e. The third-order valence-electron chi connectivity index (χ3n) is 5.54. The monoisotopic (exact) mass is 432 g/mol. The van der Waals surface area contributed by atoms with Gasteiger partial charge in [-0.25, -0.2) is 0 Å². The topological polar surface area (TPSA) is 24.9 Å². The summed E-state index contributed by atoms with van der Waals surface area (Å²) in [5.74, 6) is 2.92. The summed E-state index contributed by atoms with van der Waals surface area (Å²) in [7, 11) is 0. The summed E-state index contributed by atoms with van der Waals surface area (Å²) >= 11 is 8.21. The number of fused-ring (bicyclic) bond motifs is 1. The van der Waals surface area contributed by atoms with Gasteiger partial charge >= 0.3 is 0 Å². The highest BCUT2D eigenvalue weighted by atomic mass is 35.5. The Kier molecular flexibility index (Phi) is 7.11. The Bertz CT molecular complexity index is 804. The number of halogens is 1. The van der Waals surface area contributed by atoms with Crippen molar-refractivity contribution in [1.82, 2.24) is 4.90 Å². The van der Waals surface area contributed by atoms with Gasteiger partial charge in [0.25, 0.3) is 0 Å². The van der Waals surface area contributed by atoms with Crippen molar-refractivity contribution in [2.75, 3.05) is 56.6 Å². The zero-order valence-corrected chi connectivity index (χ0v) is 18.6. The van der Waals surface area contributed by atoms with Gasteiger partial charge in [0.05, 0.1) is 10.7 Å². The first-order valence-corrected chi connectivity index (χ1v) is 11.8. The molecule has 2 heterocycles. The Balaban J connectivity index is 1.19. The summed E-state index contributed by atoms with van der Waals surface area (Å²) in [4.78, 5) is 6.24.